The van der Waals surface area contributed by atoms with Crippen molar-refractivity contribution in [1.82, 2.24) is 30.0 Å². The number of nitrogens with zero attached hydrogens (tertiary/aromatic N) is 9. The van der Waals surface area contributed by atoms with Crippen LogP contribution in [0.4, 0.5) is 10.8 Å². The Kier molecular flexibility index (Phi) is 9.56. The van der Waals surface area contributed by atoms with Crippen LogP contribution < -0.4 is 10.0 Å². The Hall–Kier alpha value is -5.25. The van der Waals surface area contributed by atoms with Gasteiger partial charge in [-0.15, -0.1) is 11.3 Å². The molecule has 1 aliphatic carbocycles. The number of hydrogen-bond acceptors (Lipinski definition) is 13. The van der Waals surface area contributed by atoms with E-state index in [0.717, 1.165) is 5.56 Å². The lowest BCUT2D eigenvalue weighted by atomic mass is 9.89. The molecule has 2 fully saturated rings. The number of carbonyl (C=O) groups excluding carboxylic acids is 1. The number of carbonyl (C=O) groups is 1. The maximum atomic E-state index is 12.9. The molecule has 2 aliphatic rings. The van der Waals surface area contributed by atoms with E-state index in [1.165, 1.54) is 11.3 Å². The normalized spacial score (nSPS) is 15.0. The molecule has 2 N–H and O–H groups in total. The Morgan fingerprint density at radius 3 is 1.91 bits per heavy atom. The summed E-state index contributed by atoms with van der Waals surface area (Å²) in [6, 6.07) is 9.00. The second-order valence-electron chi connectivity index (χ2n) is 10.3. The highest BCUT2D eigenvalue weighted by molar-refractivity contribution is 7.93. The summed E-state index contributed by atoms with van der Waals surface area (Å²) in [5.74, 6) is 0.368. The molecule has 0 atom stereocenters. The summed E-state index contributed by atoms with van der Waals surface area (Å²) in [7, 11) is -3.38. The molecule has 1 aliphatic heterocycles. The standard InChI is InChI=1S/C20H21N5O3S2.C3H6N6O6/c1-20(2,16-12-29-19(24-16)25-30(27,28)15-8-9-15)18(26)23-14-6-4-13(5-7-14)17-21-10-3-11-22-17;10-7(11)4-1-5(8(12)13)3-6(2-4)9(14)15/h3-7,10-12,15H,8-9H2,1-2H3,(H,23,26)(H,24,25);1-3H2. The van der Waals surface area contributed by atoms with Crippen LogP contribution in [0.3, 0.4) is 0 Å². The third kappa shape index (κ3) is 8.23. The Bertz CT molecular complexity index is 1610. The molecule has 1 saturated heterocycles. The van der Waals surface area contributed by atoms with Crippen LogP contribution in [0.5, 0.6) is 0 Å². The van der Waals surface area contributed by atoms with Crippen molar-refractivity contribution in [3.63, 3.8) is 0 Å². The number of anilines is 2. The third-order valence-corrected chi connectivity index (χ3v) is 9.26. The highest BCUT2D eigenvalue weighted by atomic mass is 32.2. The minimum atomic E-state index is -3.38. The number of hydrazine groups is 3. The van der Waals surface area contributed by atoms with Gasteiger partial charge in [-0.05, 0) is 57.0 Å². The quantitative estimate of drug-likeness (QED) is 0.231. The van der Waals surface area contributed by atoms with Crippen LogP contribution in [0.1, 0.15) is 32.4 Å². The van der Waals surface area contributed by atoms with Crippen molar-refractivity contribution in [2.45, 2.75) is 37.4 Å². The van der Waals surface area contributed by atoms with Crippen molar-refractivity contribution in [2.75, 3.05) is 30.0 Å². The SMILES string of the molecule is CC(C)(C(=O)Nc1ccc(-c2ncccn2)cc1)c1csc(NS(=O)(=O)C2CC2)n1.O=[N+]([O-])N1CN([N+](=O)[O-])CN([N+](=O)[O-])C1. The molecule has 1 saturated carbocycles. The number of thiazole rings is 1. The van der Waals surface area contributed by atoms with Gasteiger partial charge in [0.15, 0.2) is 26.1 Å². The fourth-order valence-electron chi connectivity index (χ4n) is 3.75. The molecule has 2 aromatic heterocycles. The van der Waals surface area contributed by atoms with Crippen LogP contribution in [-0.2, 0) is 20.2 Å². The van der Waals surface area contributed by atoms with E-state index in [-0.39, 0.29) is 16.3 Å². The first-order valence-electron chi connectivity index (χ1n) is 13.0. The predicted molar refractivity (Wildman–Crippen MR) is 158 cm³/mol. The van der Waals surface area contributed by atoms with Gasteiger partial charge in [-0.2, -0.15) is 0 Å². The van der Waals surface area contributed by atoms with Crippen LogP contribution in [0.2, 0.25) is 0 Å². The van der Waals surface area contributed by atoms with E-state index in [1.807, 2.05) is 12.1 Å². The summed E-state index contributed by atoms with van der Waals surface area (Å²) in [6.07, 6.45) is 4.70. The first kappa shape index (κ1) is 32.7. The number of hydrogen-bond donors (Lipinski definition) is 2. The molecule has 1 aromatic carbocycles. The molecular weight excluding hydrogens is 638 g/mol. The first-order valence-corrected chi connectivity index (χ1v) is 15.4. The van der Waals surface area contributed by atoms with Crippen LogP contribution in [0, 0.1) is 30.3 Å². The lowest BCUT2D eigenvalue weighted by molar-refractivity contribution is -0.775. The van der Waals surface area contributed by atoms with Crippen molar-refractivity contribution < 1.29 is 28.3 Å². The van der Waals surface area contributed by atoms with E-state index >= 15 is 0 Å². The monoisotopic (exact) mass is 665 g/mol. The lowest BCUT2D eigenvalue weighted by Gasteiger charge is -2.27. The highest BCUT2D eigenvalue weighted by Crippen LogP contribution is 2.33. The van der Waals surface area contributed by atoms with Crippen molar-refractivity contribution in [3.05, 3.63) is 84.1 Å². The molecule has 3 heterocycles. The van der Waals surface area contributed by atoms with Crippen molar-refractivity contribution in [2.24, 2.45) is 0 Å². The smallest absolute Gasteiger partial charge is 0.237 e. The summed E-state index contributed by atoms with van der Waals surface area (Å²) in [4.78, 5) is 56.6. The van der Waals surface area contributed by atoms with Crippen LogP contribution >= 0.6 is 11.3 Å². The van der Waals surface area contributed by atoms with Crippen LogP contribution in [0.25, 0.3) is 11.4 Å². The van der Waals surface area contributed by atoms with Gasteiger partial charge in [-0.1, -0.05) is 15.0 Å². The number of nitrogens with one attached hydrogen (secondary N) is 2. The van der Waals surface area contributed by atoms with Gasteiger partial charge in [0.2, 0.25) is 35.9 Å². The predicted octanol–water partition coefficient (Wildman–Crippen LogP) is 1.77. The van der Waals surface area contributed by atoms with E-state index in [0.29, 0.717) is 45.1 Å². The summed E-state index contributed by atoms with van der Waals surface area (Å²) in [6.45, 7) is 1.73. The second-order valence-corrected chi connectivity index (χ2v) is 13.1. The zero-order chi connectivity index (χ0) is 32.9. The number of benzene rings is 1. The van der Waals surface area contributed by atoms with E-state index < -0.39 is 50.5 Å². The lowest BCUT2D eigenvalue weighted by Crippen LogP contribution is -2.59. The average molecular weight is 666 g/mol. The Labute approximate surface area is 259 Å². The zero-order valence-corrected chi connectivity index (χ0v) is 25.4. The summed E-state index contributed by atoms with van der Waals surface area (Å²) in [5.41, 5.74) is 1.05. The average Bonchev–Trinajstić information content (AvgIpc) is 3.78. The molecule has 45 heavy (non-hydrogen) atoms. The van der Waals surface area contributed by atoms with E-state index in [9.17, 15) is 43.6 Å². The summed E-state index contributed by atoms with van der Waals surface area (Å²) in [5, 5.41) is 33.9. The van der Waals surface area contributed by atoms with E-state index in [4.69, 9.17) is 0 Å². The molecule has 0 spiro atoms. The maximum Gasteiger partial charge on any atom is 0.237 e. The van der Waals surface area contributed by atoms with E-state index in [2.05, 4.69) is 25.0 Å². The molecule has 22 heteroatoms. The minimum absolute atomic E-state index is 0.242. The molecule has 0 radical (unpaired) electrons. The molecule has 240 valence electrons. The van der Waals surface area contributed by atoms with Crippen LogP contribution in [-0.4, -0.2) is 84.7 Å². The number of nitro groups is 3. The number of sulfonamides is 1. The first-order chi connectivity index (χ1) is 21.2. The Morgan fingerprint density at radius 1 is 0.933 bits per heavy atom. The molecule has 1 amide bonds. The third-order valence-electron chi connectivity index (χ3n) is 6.54. The van der Waals surface area contributed by atoms with Crippen molar-refractivity contribution >= 4 is 38.1 Å². The maximum absolute atomic E-state index is 12.9. The van der Waals surface area contributed by atoms with Gasteiger partial charge < -0.3 is 5.32 Å². The number of rotatable bonds is 10. The molecular formula is C23H27N11O9S2. The molecule has 3 aromatic rings. The second kappa shape index (κ2) is 13.2. The topological polar surface area (TPSA) is 253 Å². The van der Waals surface area contributed by atoms with Gasteiger partial charge in [-0.3, -0.25) is 9.52 Å². The number of aromatic nitrogens is 3. The van der Waals surface area contributed by atoms with Gasteiger partial charge in [-0.25, -0.2) is 53.7 Å². The molecule has 20 nitrogen and oxygen atoms in total. The summed E-state index contributed by atoms with van der Waals surface area (Å²) >= 11 is 1.18. The van der Waals surface area contributed by atoms with Crippen molar-refractivity contribution in [1.29, 1.82) is 0 Å². The molecule has 0 bridgehead atoms. The highest BCUT2D eigenvalue weighted by Gasteiger charge is 2.39. The number of amides is 1. The van der Waals surface area contributed by atoms with E-state index in [1.54, 1.807) is 49.8 Å². The van der Waals surface area contributed by atoms with Gasteiger partial charge in [0.1, 0.15) is 0 Å². The van der Waals surface area contributed by atoms with Gasteiger partial charge in [0.05, 0.1) is 16.4 Å². The Morgan fingerprint density at radius 2 is 1.44 bits per heavy atom. The largest absolute Gasteiger partial charge is 0.325 e. The Balaban J connectivity index is 0.000000259. The fourth-order valence-corrected chi connectivity index (χ4v) is 6.23. The van der Waals surface area contributed by atoms with Crippen LogP contribution in [0.15, 0.2) is 48.1 Å². The van der Waals surface area contributed by atoms with Gasteiger partial charge in [0.25, 0.3) is 0 Å². The minimum Gasteiger partial charge on any atom is -0.325 e. The molecule has 5 rings (SSSR count). The van der Waals surface area contributed by atoms with Crippen molar-refractivity contribution in [3.8, 4) is 11.4 Å². The fraction of sp³-hybridized carbons (Fsp3) is 0.391. The zero-order valence-electron chi connectivity index (χ0n) is 23.7. The summed E-state index contributed by atoms with van der Waals surface area (Å²) < 4.78 is 26.7. The van der Waals surface area contributed by atoms with Gasteiger partial charge >= 0.3 is 0 Å². The van der Waals surface area contributed by atoms with Gasteiger partial charge in [0, 0.05) is 29.0 Å². The molecule has 0 unspecified atom stereocenters.